The van der Waals surface area contributed by atoms with Gasteiger partial charge < -0.3 is 19.3 Å². The lowest BCUT2D eigenvalue weighted by Crippen LogP contribution is -2.27. The Balaban J connectivity index is 1.57. The smallest absolute Gasteiger partial charge is 0.301 e. The summed E-state index contributed by atoms with van der Waals surface area (Å²) < 4.78 is 16.7. The monoisotopic (exact) mass is 464 g/mol. The maximum Gasteiger partial charge on any atom is 0.301 e. The number of fused-ring (bicyclic) bond motifs is 2. The van der Waals surface area contributed by atoms with E-state index in [1.54, 1.807) is 12.1 Å². The van der Waals surface area contributed by atoms with E-state index in [2.05, 4.69) is 10.5 Å². The van der Waals surface area contributed by atoms with Crippen LogP contribution in [0, 0.1) is 20.2 Å². The number of hydrogen-bond acceptors (Lipinski definition) is 10. The van der Waals surface area contributed by atoms with Gasteiger partial charge in [0.1, 0.15) is 23.8 Å². The lowest BCUT2D eigenvalue weighted by Gasteiger charge is -2.27. The van der Waals surface area contributed by atoms with Crippen molar-refractivity contribution in [1.29, 1.82) is 0 Å². The van der Waals surface area contributed by atoms with Crippen molar-refractivity contribution in [3.8, 4) is 23.0 Å². The van der Waals surface area contributed by atoms with Gasteiger partial charge in [-0.15, -0.1) is 0 Å². The van der Waals surface area contributed by atoms with Crippen molar-refractivity contribution in [2.24, 2.45) is 5.10 Å². The third-order valence-corrected chi connectivity index (χ3v) is 5.46. The molecule has 3 aromatic rings. The Morgan fingerprint density at radius 1 is 0.912 bits per heavy atom. The summed E-state index contributed by atoms with van der Waals surface area (Å²) in [6.07, 6.45) is 0. The first-order valence-electron chi connectivity index (χ1n) is 10.0. The Bertz CT molecular complexity index is 1360. The summed E-state index contributed by atoms with van der Waals surface area (Å²) in [7, 11) is 0. The van der Waals surface area contributed by atoms with Crippen molar-refractivity contribution in [1.82, 2.24) is 0 Å². The van der Waals surface area contributed by atoms with Gasteiger partial charge in [0, 0.05) is 17.7 Å². The fraction of sp³-hybridized carbons (Fsp3) is 0.136. The van der Waals surface area contributed by atoms with Crippen LogP contribution in [0.25, 0.3) is 0 Å². The number of hydrazone groups is 1. The maximum atomic E-state index is 11.5. The minimum absolute atomic E-state index is 0.0126. The molecule has 0 bridgehead atoms. The molecule has 0 saturated heterocycles. The Morgan fingerprint density at radius 3 is 2.53 bits per heavy atom. The lowest BCUT2D eigenvalue weighted by molar-refractivity contribution is -0.393. The number of rotatable bonds is 5. The maximum absolute atomic E-state index is 11.5. The van der Waals surface area contributed by atoms with E-state index in [1.165, 1.54) is 18.2 Å². The van der Waals surface area contributed by atoms with Gasteiger partial charge in [-0.1, -0.05) is 6.07 Å². The summed E-state index contributed by atoms with van der Waals surface area (Å²) >= 11 is 0. The number of phenolic OH excluding ortho intramolecular Hbond substituents is 1. The zero-order chi connectivity index (χ0) is 23.8. The molecule has 1 unspecified atom stereocenters. The van der Waals surface area contributed by atoms with Crippen molar-refractivity contribution in [2.75, 3.05) is 18.8 Å². The van der Waals surface area contributed by atoms with Crippen LogP contribution >= 0.6 is 0 Å². The molecule has 34 heavy (non-hydrogen) atoms. The third kappa shape index (κ3) is 3.77. The number of nitro benzene ring substituents is 2. The molecule has 0 amide bonds. The predicted molar refractivity (Wildman–Crippen MR) is 119 cm³/mol. The number of nitrogens with zero attached hydrogens (tertiary/aromatic N) is 3. The highest BCUT2D eigenvalue weighted by molar-refractivity contribution is 6.08. The SMILES string of the molecule is O=[N+]([O-])c1ccc(NN=C2c3ccc(O)cc3OCC2c2ccc3c(c2)OCO3)c([N+](=O)[O-])c1. The largest absolute Gasteiger partial charge is 0.508 e. The number of hydrogen-bond donors (Lipinski definition) is 2. The topological polar surface area (TPSA) is 159 Å². The Hall–Kier alpha value is -4.87. The van der Waals surface area contributed by atoms with Crippen molar-refractivity contribution in [3.05, 3.63) is 86.0 Å². The molecule has 2 aliphatic rings. The van der Waals surface area contributed by atoms with Crippen LogP contribution in [0.15, 0.2) is 59.7 Å². The molecule has 3 aromatic carbocycles. The molecule has 12 heteroatoms. The van der Waals surface area contributed by atoms with Crippen molar-refractivity contribution >= 4 is 22.8 Å². The van der Waals surface area contributed by atoms with Crippen LogP contribution in [-0.2, 0) is 0 Å². The number of ether oxygens (including phenoxy) is 3. The van der Waals surface area contributed by atoms with E-state index in [1.807, 2.05) is 12.1 Å². The highest BCUT2D eigenvalue weighted by Gasteiger charge is 2.31. The Morgan fingerprint density at radius 2 is 1.74 bits per heavy atom. The van der Waals surface area contributed by atoms with Crippen LogP contribution in [0.3, 0.4) is 0 Å². The fourth-order valence-electron chi connectivity index (χ4n) is 3.80. The molecule has 1 atom stereocenters. The van der Waals surface area contributed by atoms with Gasteiger partial charge in [0.25, 0.3) is 5.69 Å². The van der Waals surface area contributed by atoms with Crippen LogP contribution in [0.1, 0.15) is 17.0 Å². The first-order chi connectivity index (χ1) is 16.4. The van der Waals surface area contributed by atoms with Crippen LogP contribution in [-0.4, -0.2) is 34.1 Å². The molecule has 2 N–H and O–H groups in total. The lowest BCUT2D eigenvalue weighted by atomic mass is 9.88. The minimum atomic E-state index is -0.721. The van der Waals surface area contributed by atoms with Gasteiger partial charge >= 0.3 is 5.69 Å². The summed E-state index contributed by atoms with van der Waals surface area (Å²) in [4.78, 5) is 21.1. The second-order valence-corrected chi connectivity index (χ2v) is 7.48. The molecule has 2 aliphatic heterocycles. The molecule has 0 radical (unpaired) electrons. The summed E-state index contributed by atoms with van der Waals surface area (Å²) in [5.74, 6) is 1.21. The van der Waals surface area contributed by atoms with Crippen LogP contribution in [0.2, 0.25) is 0 Å². The van der Waals surface area contributed by atoms with E-state index < -0.39 is 27.1 Å². The Kier molecular flexibility index (Phi) is 5.09. The molecule has 0 aliphatic carbocycles. The second kappa shape index (κ2) is 8.24. The predicted octanol–water partition coefficient (Wildman–Crippen LogP) is 3.93. The molecule has 2 heterocycles. The number of phenols is 1. The summed E-state index contributed by atoms with van der Waals surface area (Å²) in [6.45, 7) is 0.299. The first-order valence-corrected chi connectivity index (χ1v) is 10.0. The number of non-ortho nitro benzene ring substituents is 1. The van der Waals surface area contributed by atoms with E-state index in [0.29, 0.717) is 28.5 Å². The number of nitro groups is 2. The molecule has 5 rings (SSSR count). The Labute approximate surface area is 191 Å². The average Bonchev–Trinajstić information content (AvgIpc) is 3.30. The molecule has 0 saturated carbocycles. The van der Waals surface area contributed by atoms with Gasteiger partial charge in [0.05, 0.1) is 27.5 Å². The standard InChI is InChI=1S/C22H16N4O8/c27-14-3-4-15-20(9-14)32-10-16(12-1-6-19-21(7-12)34-11-33-19)22(15)24-23-17-5-2-13(25(28)29)8-18(17)26(30)31/h1-9,16,23,27H,10-11H2. The van der Waals surface area contributed by atoms with E-state index in [9.17, 15) is 25.3 Å². The summed E-state index contributed by atoms with van der Waals surface area (Å²) in [5, 5.41) is 36.8. The van der Waals surface area contributed by atoms with Crippen molar-refractivity contribution < 1.29 is 29.2 Å². The molecular formula is C22H16N4O8. The van der Waals surface area contributed by atoms with E-state index in [-0.39, 0.29) is 24.8 Å². The van der Waals surface area contributed by atoms with Crippen LogP contribution in [0.4, 0.5) is 17.1 Å². The normalized spacial score (nSPS) is 17.1. The highest BCUT2D eigenvalue weighted by atomic mass is 16.7. The van der Waals surface area contributed by atoms with Crippen LogP contribution < -0.4 is 19.6 Å². The average molecular weight is 464 g/mol. The fourth-order valence-corrected chi connectivity index (χ4v) is 3.80. The molecule has 0 fully saturated rings. The zero-order valence-corrected chi connectivity index (χ0v) is 17.3. The van der Waals surface area contributed by atoms with Crippen molar-refractivity contribution in [2.45, 2.75) is 5.92 Å². The van der Waals surface area contributed by atoms with E-state index >= 15 is 0 Å². The minimum Gasteiger partial charge on any atom is -0.508 e. The van der Waals surface area contributed by atoms with Gasteiger partial charge in [0.2, 0.25) is 6.79 Å². The summed E-state index contributed by atoms with van der Waals surface area (Å²) in [6, 6.07) is 13.2. The third-order valence-electron chi connectivity index (χ3n) is 5.46. The molecular weight excluding hydrogens is 448 g/mol. The molecule has 0 aromatic heterocycles. The van der Waals surface area contributed by atoms with Gasteiger partial charge in [-0.05, 0) is 35.9 Å². The summed E-state index contributed by atoms with van der Waals surface area (Å²) in [5.41, 5.74) is 3.65. The zero-order valence-electron chi connectivity index (χ0n) is 17.3. The first kappa shape index (κ1) is 21.0. The van der Waals surface area contributed by atoms with Gasteiger partial charge in [-0.25, -0.2) is 0 Å². The van der Waals surface area contributed by atoms with Crippen molar-refractivity contribution in [3.63, 3.8) is 0 Å². The quantitative estimate of drug-likeness (QED) is 0.421. The molecule has 0 spiro atoms. The molecule has 12 nitrogen and oxygen atoms in total. The van der Waals surface area contributed by atoms with Gasteiger partial charge in [-0.2, -0.15) is 5.10 Å². The molecule has 172 valence electrons. The van der Waals surface area contributed by atoms with Crippen LogP contribution in [0.5, 0.6) is 23.0 Å². The number of benzene rings is 3. The van der Waals surface area contributed by atoms with Gasteiger partial charge in [0.15, 0.2) is 11.5 Å². The highest BCUT2D eigenvalue weighted by Crippen LogP contribution is 2.40. The van der Waals surface area contributed by atoms with E-state index in [0.717, 1.165) is 17.7 Å². The van der Waals surface area contributed by atoms with Gasteiger partial charge in [-0.3, -0.25) is 25.7 Å². The number of anilines is 1. The second-order valence-electron chi connectivity index (χ2n) is 7.48. The van der Waals surface area contributed by atoms with E-state index in [4.69, 9.17) is 14.2 Å². The number of nitrogens with one attached hydrogen (secondary N) is 1. The number of aromatic hydroxyl groups is 1.